The first-order valence-electron chi connectivity index (χ1n) is 8.31. The predicted octanol–water partition coefficient (Wildman–Crippen LogP) is 3.98. The Bertz CT molecular complexity index is 881. The number of nitrogens with one attached hydrogen (secondary N) is 1. The second-order valence-corrected chi connectivity index (χ2v) is 6.32. The van der Waals surface area contributed by atoms with E-state index in [9.17, 15) is 4.79 Å². The molecule has 0 aromatic heterocycles. The summed E-state index contributed by atoms with van der Waals surface area (Å²) in [5.41, 5.74) is 1.57. The van der Waals surface area contributed by atoms with E-state index in [0.29, 0.717) is 28.0 Å². The highest BCUT2D eigenvalue weighted by Crippen LogP contribution is 2.40. The summed E-state index contributed by atoms with van der Waals surface area (Å²) in [6.07, 6.45) is 3.11. The normalized spacial score (nSPS) is 13.5. The van der Waals surface area contributed by atoms with E-state index in [2.05, 4.69) is 5.32 Å². The maximum atomic E-state index is 12.3. The Morgan fingerprint density at radius 2 is 2.04 bits per heavy atom. The van der Waals surface area contributed by atoms with Crippen molar-refractivity contribution in [3.8, 4) is 23.0 Å². The van der Waals surface area contributed by atoms with Crippen LogP contribution in [0.5, 0.6) is 23.0 Å². The Morgan fingerprint density at radius 1 is 1.22 bits per heavy atom. The molecule has 1 atom stereocenters. The third-order valence-corrected chi connectivity index (χ3v) is 4.42. The third-order valence-electron chi connectivity index (χ3n) is 4.14. The molecule has 0 saturated carbocycles. The molecule has 0 radical (unpaired) electrons. The summed E-state index contributed by atoms with van der Waals surface area (Å²) in [4.78, 5) is 12.3. The lowest BCUT2D eigenvalue weighted by atomic mass is 10.1. The average Bonchev–Trinajstić information content (AvgIpc) is 3.15. The van der Waals surface area contributed by atoms with Gasteiger partial charge in [-0.1, -0.05) is 11.6 Å². The number of carbonyl (C=O) groups excluding carboxylic acids is 1. The van der Waals surface area contributed by atoms with Crippen LogP contribution in [0.1, 0.15) is 24.1 Å². The van der Waals surface area contributed by atoms with Gasteiger partial charge >= 0.3 is 0 Å². The minimum atomic E-state index is -0.271. The number of rotatable bonds is 6. The van der Waals surface area contributed by atoms with Gasteiger partial charge in [-0.15, -0.1) is 0 Å². The second kappa shape index (κ2) is 8.22. The van der Waals surface area contributed by atoms with Gasteiger partial charge in [0.2, 0.25) is 12.7 Å². The zero-order valence-electron chi connectivity index (χ0n) is 15.2. The highest BCUT2D eigenvalue weighted by Gasteiger charge is 2.18. The van der Waals surface area contributed by atoms with Gasteiger partial charge in [0.05, 0.1) is 25.3 Å². The molecule has 1 aliphatic heterocycles. The molecule has 6 nitrogen and oxygen atoms in total. The summed E-state index contributed by atoms with van der Waals surface area (Å²) in [5, 5.41) is 3.35. The molecule has 0 bridgehead atoms. The van der Waals surface area contributed by atoms with Crippen LogP contribution in [-0.4, -0.2) is 26.9 Å². The maximum absolute atomic E-state index is 12.3. The topological polar surface area (TPSA) is 66.0 Å². The lowest BCUT2D eigenvalue weighted by molar-refractivity contribution is -0.117. The number of carbonyl (C=O) groups is 1. The molecule has 0 saturated heterocycles. The summed E-state index contributed by atoms with van der Waals surface area (Å²) in [5.74, 6) is 2.21. The molecule has 1 unspecified atom stereocenters. The van der Waals surface area contributed by atoms with Crippen LogP contribution >= 0.6 is 11.6 Å². The van der Waals surface area contributed by atoms with Gasteiger partial charge in [0.1, 0.15) is 11.5 Å². The molecule has 2 aromatic rings. The Balaban J connectivity index is 1.71. The van der Waals surface area contributed by atoms with Gasteiger partial charge in [-0.2, -0.15) is 0 Å². The molecule has 3 rings (SSSR count). The van der Waals surface area contributed by atoms with Crippen molar-refractivity contribution in [2.24, 2.45) is 0 Å². The summed E-state index contributed by atoms with van der Waals surface area (Å²) >= 11 is 6.15. The fraction of sp³-hybridized carbons (Fsp3) is 0.250. The first kappa shape index (κ1) is 18.9. The van der Waals surface area contributed by atoms with Gasteiger partial charge in [0, 0.05) is 11.6 Å². The van der Waals surface area contributed by atoms with Crippen molar-refractivity contribution >= 4 is 23.6 Å². The van der Waals surface area contributed by atoms with Crippen LogP contribution in [0.4, 0.5) is 0 Å². The molecule has 0 aliphatic carbocycles. The van der Waals surface area contributed by atoms with E-state index in [4.69, 9.17) is 30.5 Å². The quantitative estimate of drug-likeness (QED) is 0.757. The number of amides is 1. The van der Waals surface area contributed by atoms with E-state index in [0.717, 1.165) is 11.1 Å². The lowest BCUT2D eigenvalue weighted by Crippen LogP contribution is -2.25. The predicted molar refractivity (Wildman–Crippen MR) is 103 cm³/mol. The van der Waals surface area contributed by atoms with Crippen molar-refractivity contribution in [2.75, 3.05) is 21.0 Å². The van der Waals surface area contributed by atoms with Gasteiger partial charge in [0.25, 0.3) is 0 Å². The standard InChI is InChI=1S/C20H20ClNO5/c1-12(15-10-14(24-2)5-6-17(15)25-3)22-19(23)7-4-13-8-16(21)20-18(9-13)26-11-27-20/h4-10,12H,11H2,1-3H3,(H,22,23)/b7-4+. The first-order valence-corrected chi connectivity index (χ1v) is 8.69. The third kappa shape index (κ3) is 4.28. The molecule has 27 heavy (non-hydrogen) atoms. The molecular formula is C20H20ClNO5. The van der Waals surface area contributed by atoms with E-state index < -0.39 is 0 Å². The van der Waals surface area contributed by atoms with Gasteiger partial charge in [0.15, 0.2) is 11.5 Å². The van der Waals surface area contributed by atoms with Crippen LogP contribution in [0.15, 0.2) is 36.4 Å². The van der Waals surface area contributed by atoms with Crippen LogP contribution in [-0.2, 0) is 4.79 Å². The van der Waals surface area contributed by atoms with Crippen molar-refractivity contribution in [2.45, 2.75) is 13.0 Å². The molecule has 7 heteroatoms. The largest absolute Gasteiger partial charge is 0.497 e. The van der Waals surface area contributed by atoms with Crippen molar-refractivity contribution in [3.05, 3.63) is 52.6 Å². The number of benzene rings is 2. The van der Waals surface area contributed by atoms with Crippen molar-refractivity contribution in [1.82, 2.24) is 5.32 Å². The lowest BCUT2D eigenvalue weighted by Gasteiger charge is -2.17. The fourth-order valence-electron chi connectivity index (χ4n) is 2.77. The minimum Gasteiger partial charge on any atom is -0.497 e. The SMILES string of the molecule is COc1ccc(OC)c(C(C)NC(=O)/C=C/c2cc(Cl)c3c(c2)OCO3)c1. The Labute approximate surface area is 162 Å². The number of fused-ring (bicyclic) bond motifs is 1. The summed E-state index contributed by atoms with van der Waals surface area (Å²) < 4.78 is 21.2. The smallest absolute Gasteiger partial charge is 0.244 e. The molecule has 1 N–H and O–H groups in total. The number of hydrogen-bond donors (Lipinski definition) is 1. The zero-order chi connectivity index (χ0) is 19.4. The minimum absolute atomic E-state index is 0.141. The van der Waals surface area contributed by atoms with Gasteiger partial charge in [-0.05, 0) is 48.9 Å². The van der Waals surface area contributed by atoms with E-state index in [1.165, 1.54) is 6.08 Å². The van der Waals surface area contributed by atoms with Crippen molar-refractivity contribution < 1.29 is 23.7 Å². The first-order chi connectivity index (χ1) is 13.0. The maximum Gasteiger partial charge on any atom is 0.244 e. The highest BCUT2D eigenvalue weighted by molar-refractivity contribution is 6.32. The fourth-order valence-corrected chi connectivity index (χ4v) is 3.05. The zero-order valence-corrected chi connectivity index (χ0v) is 16.0. The van der Waals surface area contributed by atoms with Gasteiger partial charge in [-0.3, -0.25) is 4.79 Å². The van der Waals surface area contributed by atoms with Crippen molar-refractivity contribution in [1.29, 1.82) is 0 Å². The van der Waals surface area contributed by atoms with Crippen molar-refractivity contribution in [3.63, 3.8) is 0 Å². The van der Waals surface area contributed by atoms with E-state index in [1.54, 1.807) is 44.6 Å². The molecule has 0 spiro atoms. The molecule has 0 fully saturated rings. The molecule has 1 aliphatic rings. The van der Waals surface area contributed by atoms with Crippen LogP contribution in [0, 0.1) is 0 Å². The number of ether oxygens (including phenoxy) is 4. The summed E-state index contributed by atoms with van der Waals surface area (Å²) in [6, 6.07) is 8.67. The highest BCUT2D eigenvalue weighted by atomic mass is 35.5. The van der Waals surface area contributed by atoms with Gasteiger partial charge in [-0.25, -0.2) is 0 Å². The number of hydrogen-bond acceptors (Lipinski definition) is 5. The Hall–Kier alpha value is -2.86. The Kier molecular flexibility index (Phi) is 5.76. The Morgan fingerprint density at radius 3 is 2.78 bits per heavy atom. The summed E-state index contributed by atoms with van der Waals surface area (Å²) in [7, 11) is 3.18. The molecular weight excluding hydrogens is 370 g/mol. The molecule has 2 aromatic carbocycles. The average molecular weight is 390 g/mol. The van der Waals surface area contributed by atoms with Crippen LogP contribution in [0.2, 0.25) is 5.02 Å². The van der Waals surface area contributed by atoms with Crippen LogP contribution in [0.25, 0.3) is 6.08 Å². The molecule has 142 valence electrons. The van der Waals surface area contributed by atoms with Gasteiger partial charge < -0.3 is 24.3 Å². The van der Waals surface area contributed by atoms with E-state index in [1.807, 2.05) is 13.0 Å². The number of methoxy groups -OCH3 is 2. The van der Waals surface area contributed by atoms with E-state index in [-0.39, 0.29) is 18.7 Å². The summed E-state index contributed by atoms with van der Waals surface area (Å²) in [6.45, 7) is 2.02. The second-order valence-electron chi connectivity index (χ2n) is 5.91. The number of halogens is 1. The van der Waals surface area contributed by atoms with E-state index >= 15 is 0 Å². The molecule has 1 amide bonds. The monoisotopic (exact) mass is 389 g/mol. The molecule has 1 heterocycles. The van der Waals surface area contributed by atoms with Crippen LogP contribution < -0.4 is 24.3 Å². The van der Waals surface area contributed by atoms with Crippen LogP contribution in [0.3, 0.4) is 0 Å².